The van der Waals surface area contributed by atoms with Crippen LogP contribution < -0.4 is 15.1 Å². The smallest absolute Gasteiger partial charge is 0.297 e. The van der Waals surface area contributed by atoms with Crippen molar-refractivity contribution in [3.8, 4) is 5.75 Å². The minimum atomic E-state index is -0.680. The molecule has 0 saturated carbocycles. The molecule has 1 unspecified atom stereocenters. The van der Waals surface area contributed by atoms with E-state index in [-0.39, 0.29) is 17.1 Å². The maximum absolute atomic E-state index is 13.8. The summed E-state index contributed by atoms with van der Waals surface area (Å²) in [6.07, 6.45) is 0. The summed E-state index contributed by atoms with van der Waals surface area (Å²) >= 11 is 1.44. The summed E-state index contributed by atoms with van der Waals surface area (Å²) in [7, 11) is 0. The number of anilines is 1. The van der Waals surface area contributed by atoms with Crippen molar-refractivity contribution in [3.63, 3.8) is 0 Å². The summed E-state index contributed by atoms with van der Waals surface area (Å²) in [5.41, 5.74) is 4.30. The number of aromatic nitrogens is 1. The van der Waals surface area contributed by atoms with Gasteiger partial charge in [0.25, 0.3) is 5.91 Å². The summed E-state index contributed by atoms with van der Waals surface area (Å²) < 4.78 is 12.8. The van der Waals surface area contributed by atoms with Crippen LogP contribution in [-0.4, -0.2) is 17.5 Å². The largest absolute Gasteiger partial charge is 0.494 e. The standard InChI is InChI=1S/C28H22N2O4S/c1-4-33-18-9-7-8-17(14-18)24-22-25(31)19-10-5-6-11-20(19)34-26(22)27(32)30(24)28-29-23-16(3)12-15(2)13-21(23)35-28/h5-14,24H,4H2,1-3H3. The highest BCUT2D eigenvalue weighted by Crippen LogP contribution is 2.44. The highest BCUT2D eigenvalue weighted by molar-refractivity contribution is 7.22. The predicted octanol–water partition coefficient (Wildman–Crippen LogP) is 6.17. The number of ether oxygens (including phenoxy) is 1. The van der Waals surface area contributed by atoms with E-state index in [0.717, 1.165) is 26.9 Å². The Balaban J connectivity index is 1.63. The Hall–Kier alpha value is -3.97. The van der Waals surface area contributed by atoms with Crippen LogP contribution in [0.1, 0.15) is 45.8 Å². The molecule has 3 heterocycles. The summed E-state index contributed by atoms with van der Waals surface area (Å²) in [6, 6.07) is 18.0. The van der Waals surface area contributed by atoms with Gasteiger partial charge in [0.15, 0.2) is 10.6 Å². The third-order valence-corrected chi connectivity index (χ3v) is 7.29. The van der Waals surface area contributed by atoms with Crippen molar-refractivity contribution in [2.75, 3.05) is 11.5 Å². The number of hydrogen-bond acceptors (Lipinski definition) is 6. The van der Waals surface area contributed by atoms with Crippen molar-refractivity contribution >= 4 is 43.6 Å². The van der Waals surface area contributed by atoms with E-state index in [9.17, 15) is 9.59 Å². The summed E-state index contributed by atoms with van der Waals surface area (Å²) in [6.45, 7) is 6.48. The SMILES string of the molecule is CCOc1cccc(C2c3c(oc4ccccc4c3=O)C(=O)N2c2nc3c(C)cc(C)cc3s2)c1. The van der Waals surface area contributed by atoms with Crippen LogP contribution in [-0.2, 0) is 0 Å². The van der Waals surface area contributed by atoms with E-state index in [1.165, 1.54) is 11.3 Å². The number of benzene rings is 3. The lowest BCUT2D eigenvalue weighted by Crippen LogP contribution is -2.29. The number of hydrogen-bond donors (Lipinski definition) is 0. The number of amides is 1. The lowest BCUT2D eigenvalue weighted by atomic mass is 9.98. The molecule has 0 radical (unpaired) electrons. The molecule has 2 aromatic heterocycles. The first-order chi connectivity index (χ1) is 17.0. The van der Waals surface area contributed by atoms with Crippen LogP contribution in [0.5, 0.6) is 5.75 Å². The van der Waals surface area contributed by atoms with E-state index in [1.54, 1.807) is 29.2 Å². The number of thiazole rings is 1. The fourth-order valence-electron chi connectivity index (χ4n) is 4.84. The van der Waals surface area contributed by atoms with E-state index < -0.39 is 6.04 Å². The summed E-state index contributed by atoms with van der Waals surface area (Å²) in [4.78, 5) is 34.0. The first-order valence-electron chi connectivity index (χ1n) is 11.5. The Morgan fingerprint density at radius 1 is 1.06 bits per heavy atom. The molecule has 0 spiro atoms. The molecule has 174 valence electrons. The maximum Gasteiger partial charge on any atom is 0.297 e. The van der Waals surface area contributed by atoms with Gasteiger partial charge in [0, 0.05) is 0 Å². The van der Waals surface area contributed by atoms with Gasteiger partial charge in [0.2, 0.25) is 5.76 Å². The number of carbonyl (C=O) groups excluding carboxylic acids is 1. The van der Waals surface area contributed by atoms with Gasteiger partial charge in [-0.1, -0.05) is 41.7 Å². The van der Waals surface area contributed by atoms with Crippen molar-refractivity contribution in [2.45, 2.75) is 26.8 Å². The normalized spacial score (nSPS) is 15.2. The van der Waals surface area contributed by atoms with Crippen LogP contribution in [0.25, 0.3) is 21.2 Å². The third kappa shape index (κ3) is 3.34. The van der Waals surface area contributed by atoms with E-state index in [4.69, 9.17) is 14.1 Å². The maximum atomic E-state index is 13.8. The van der Waals surface area contributed by atoms with Crippen LogP contribution in [0, 0.1) is 13.8 Å². The van der Waals surface area contributed by atoms with Crippen molar-refractivity contribution in [3.05, 3.63) is 98.9 Å². The van der Waals surface area contributed by atoms with Crippen molar-refractivity contribution in [1.82, 2.24) is 4.98 Å². The molecule has 1 atom stereocenters. The van der Waals surface area contributed by atoms with Gasteiger partial charge in [-0.3, -0.25) is 14.5 Å². The second kappa shape index (κ2) is 8.06. The molecule has 0 saturated heterocycles. The van der Waals surface area contributed by atoms with E-state index in [2.05, 4.69) is 12.1 Å². The molecule has 0 bridgehead atoms. The Morgan fingerprint density at radius 3 is 2.71 bits per heavy atom. The number of aryl methyl sites for hydroxylation is 2. The second-order valence-corrected chi connectivity index (χ2v) is 9.69. The lowest BCUT2D eigenvalue weighted by molar-refractivity contribution is 0.0971. The fourth-order valence-corrected chi connectivity index (χ4v) is 6.00. The molecule has 3 aromatic carbocycles. The van der Waals surface area contributed by atoms with Crippen LogP contribution in [0.15, 0.2) is 69.9 Å². The molecule has 35 heavy (non-hydrogen) atoms. The molecular formula is C28H22N2O4S. The minimum Gasteiger partial charge on any atom is -0.494 e. The topological polar surface area (TPSA) is 72.6 Å². The molecular weight excluding hydrogens is 460 g/mol. The van der Waals surface area contributed by atoms with E-state index >= 15 is 0 Å². The zero-order valence-electron chi connectivity index (χ0n) is 19.5. The number of carbonyl (C=O) groups is 1. The zero-order valence-corrected chi connectivity index (χ0v) is 20.3. The molecule has 6 rings (SSSR count). The van der Waals surface area contributed by atoms with E-state index in [0.29, 0.717) is 34.0 Å². The highest BCUT2D eigenvalue weighted by atomic mass is 32.1. The third-order valence-electron chi connectivity index (χ3n) is 6.29. The molecule has 0 N–H and O–H groups in total. The fraction of sp³-hybridized carbons (Fsp3) is 0.179. The van der Waals surface area contributed by atoms with Gasteiger partial charge in [-0.05, 0) is 67.8 Å². The quantitative estimate of drug-likeness (QED) is 0.306. The summed E-state index contributed by atoms with van der Waals surface area (Å²) in [5, 5.41) is 0.975. The number of fused-ring (bicyclic) bond motifs is 3. The molecule has 1 amide bonds. The van der Waals surface area contributed by atoms with Crippen molar-refractivity contribution < 1.29 is 13.9 Å². The molecule has 0 aliphatic carbocycles. The van der Waals surface area contributed by atoms with Gasteiger partial charge >= 0.3 is 0 Å². The Bertz CT molecular complexity index is 1700. The van der Waals surface area contributed by atoms with Gasteiger partial charge in [-0.15, -0.1) is 0 Å². The average Bonchev–Trinajstić information content (AvgIpc) is 3.39. The van der Waals surface area contributed by atoms with Gasteiger partial charge in [0.1, 0.15) is 11.3 Å². The van der Waals surface area contributed by atoms with Crippen molar-refractivity contribution in [2.24, 2.45) is 0 Å². The Labute approximate surface area is 205 Å². The first kappa shape index (κ1) is 21.6. The Morgan fingerprint density at radius 2 is 1.89 bits per heavy atom. The first-order valence-corrected chi connectivity index (χ1v) is 12.3. The Kier molecular flexibility index (Phi) is 4.96. The van der Waals surface area contributed by atoms with Crippen LogP contribution in [0.4, 0.5) is 5.13 Å². The van der Waals surface area contributed by atoms with Crippen LogP contribution in [0.2, 0.25) is 0 Å². The van der Waals surface area contributed by atoms with Crippen LogP contribution in [0.3, 0.4) is 0 Å². The molecule has 0 fully saturated rings. The molecule has 6 nitrogen and oxygen atoms in total. The van der Waals surface area contributed by atoms with Crippen LogP contribution >= 0.6 is 11.3 Å². The average molecular weight is 483 g/mol. The van der Waals surface area contributed by atoms with E-state index in [1.807, 2.05) is 45.0 Å². The lowest BCUT2D eigenvalue weighted by Gasteiger charge is -2.23. The molecule has 1 aliphatic rings. The van der Waals surface area contributed by atoms with Crippen molar-refractivity contribution in [1.29, 1.82) is 0 Å². The molecule has 7 heteroatoms. The zero-order chi connectivity index (χ0) is 24.3. The number of para-hydroxylation sites is 1. The minimum absolute atomic E-state index is 0.0627. The summed E-state index contributed by atoms with van der Waals surface area (Å²) in [5.74, 6) is 0.363. The highest BCUT2D eigenvalue weighted by Gasteiger charge is 2.45. The second-order valence-electron chi connectivity index (χ2n) is 8.68. The number of rotatable bonds is 4. The van der Waals surface area contributed by atoms with Gasteiger partial charge in [-0.2, -0.15) is 0 Å². The number of nitrogens with zero attached hydrogens (tertiary/aromatic N) is 2. The molecule has 1 aliphatic heterocycles. The van der Waals surface area contributed by atoms with Gasteiger partial charge in [0.05, 0.1) is 33.8 Å². The molecule has 5 aromatic rings. The van der Waals surface area contributed by atoms with Gasteiger partial charge in [-0.25, -0.2) is 4.98 Å². The van der Waals surface area contributed by atoms with Gasteiger partial charge < -0.3 is 9.15 Å². The monoisotopic (exact) mass is 482 g/mol. The predicted molar refractivity (Wildman–Crippen MR) is 138 cm³/mol.